The van der Waals surface area contributed by atoms with Crippen LogP contribution in [0.25, 0.3) is 11.2 Å². The number of hydrogen-bond acceptors (Lipinski definition) is 5. The van der Waals surface area contributed by atoms with Crippen LogP contribution < -0.4 is 11.0 Å². The number of carbonyl (C=O) groups is 1. The van der Waals surface area contributed by atoms with Crippen LogP contribution in [-0.4, -0.2) is 36.5 Å². The lowest BCUT2D eigenvalue weighted by atomic mass is 10.1. The highest BCUT2D eigenvalue weighted by atomic mass is 16.2. The van der Waals surface area contributed by atoms with Gasteiger partial charge in [-0.05, 0) is 38.0 Å². The van der Waals surface area contributed by atoms with E-state index in [2.05, 4.69) is 32.4 Å². The summed E-state index contributed by atoms with van der Waals surface area (Å²) in [5.41, 5.74) is 4.30. The van der Waals surface area contributed by atoms with E-state index in [1.165, 1.54) is 5.56 Å². The van der Waals surface area contributed by atoms with Crippen LogP contribution in [0.1, 0.15) is 27.3 Å². The average molecular weight is 416 g/mol. The van der Waals surface area contributed by atoms with Gasteiger partial charge in [-0.1, -0.05) is 30.3 Å². The molecule has 0 aliphatic heterocycles. The number of hydrogen-bond donors (Lipinski definition) is 1. The standard InChI is InChI=1S/C23H24N6O2/c1-16-12-17(2)29(23(31)27-16)11-9-24-22(30)19-13-20-21(25-14-19)28(15-26-20)10-8-18-6-4-3-5-7-18/h3-7,12-15H,8-11H2,1-2H3,(H,24,30). The topological polar surface area (TPSA) is 94.7 Å². The SMILES string of the molecule is Cc1cc(C)n(CCNC(=O)c2cnc3c(c2)ncn3CCc2ccccc2)c(=O)n1. The Hall–Kier alpha value is -3.81. The van der Waals surface area contributed by atoms with E-state index in [1.807, 2.05) is 35.8 Å². The lowest BCUT2D eigenvalue weighted by Crippen LogP contribution is -2.33. The molecule has 0 saturated heterocycles. The quantitative estimate of drug-likeness (QED) is 0.499. The van der Waals surface area contributed by atoms with Crippen LogP contribution >= 0.6 is 0 Å². The molecule has 0 fully saturated rings. The molecule has 3 heterocycles. The normalized spacial score (nSPS) is 11.0. The molecular formula is C23H24N6O2. The third kappa shape index (κ3) is 4.69. The fourth-order valence-corrected chi connectivity index (χ4v) is 3.56. The predicted octanol–water partition coefficient (Wildman–Crippen LogP) is 2.28. The third-order valence-electron chi connectivity index (χ3n) is 5.17. The molecule has 158 valence electrons. The van der Waals surface area contributed by atoms with E-state index in [0.717, 1.165) is 24.3 Å². The zero-order valence-electron chi connectivity index (χ0n) is 17.6. The number of fused-ring (bicyclic) bond motifs is 1. The van der Waals surface area contributed by atoms with Gasteiger partial charge in [-0.25, -0.2) is 14.8 Å². The number of nitrogens with one attached hydrogen (secondary N) is 1. The van der Waals surface area contributed by atoms with Crippen molar-refractivity contribution >= 4 is 17.1 Å². The van der Waals surface area contributed by atoms with Gasteiger partial charge in [-0.2, -0.15) is 4.98 Å². The molecule has 0 radical (unpaired) electrons. The van der Waals surface area contributed by atoms with E-state index < -0.39 is 0 Å². The zero-order valence-corrected chi connectivity index (χ0v) is 17.6. The summed E-state index contributed by atoms with van der Waals surface area (Å²) in [5.74, 6) is -0.251. The highest BCUT2D eigenvalue weighted by molar-refractivity contribution is 5.96. The minimum absolute atomic E-state index is 0.251. The van der Waals surface area contributed by atoms with Crippen LogP contribution in [0.3, 0.4) is 0 Å². The van der Waals surface area contributed by atoms with Gasteiger partial charge in [0, 0.05) is 37.2 Å². The number of rotatable bonds is 7. The number of nitrogens with zero attached hydrogens (tertiary/aromatic N) is 5. The molecule has 4 rings (SSSR count). The molecule has 0 aliphatic carbocycles. The van der Waals surface area contributed by atoms with Gasteiger partial charge in [0.25, 0.3) is 5.91 Å². The zero-order chi connectivity index (χ0) is 21.8. The lowest BCUT2D eigenvalue weighted by molar-refractivity contribution is 0.0952. The molecule has 0 atom stereocenters. The summed E-state index contributed by atoms with van der Waals surface area (Å²) < 4.78 is 3.53. The highest BCUT2D eigenvalue weighted by Crippen LogP contribution is 2.13. The Bertz CT molecular complexity index is 1280. The first-order valence-electron chi connectivity index (χ1n) is 10.2. The molecule has 1 aromatic carbocycles. The minimum atomic E-state index is -0.309. The predicted molar refractivity (Wildman–Crippen MR) is 118 cm³/mol. The molecule has 1 N–H and O–H groups in total. The fourth-order valence-electron chi connectivity index (χ4n) is 3.56. The van der Waals surface area contributed by atoms with Crippen molar-refractivity contribution in [1.82, 2.24) is 29.4 Å². The van der Waals surface area contributed by atoms with Crippen molar-refractivity contribution in [3.05, 3.63) is 88.0 Å². The monoisotopic (exact) mass is 416 g/mol. The van der Waals surface area contributed by atoms with Crippen LogP contribution in [-0.2, 0) is 19.5 Å². The molecule has 8 nitrogen and oxygen atoms in total. The molecule has 8 heteroatoms. The maximum atomic E-state index is 12.5. The number of imidazole rings is 1. The average Bonchev–Trinajstić information content (AvgIpc) is 3.17. The summed E-state index contributed by atoms with van der Waals surface area (Å²) in [7, 11) is 0. The van der Waals surface area contributed by atoms with E-state index in [-0.39, 0.29) is 11.6 Å². The molecule has 31 heavy (non-hydrogen) atoms. The minimum Gasteiger partial charge on any atom is -0.350 e. The van der Waals surface area contributed by atoms with E-state index in [4.69, 9.17) is 0 Å². The van der Waals surface area contributed by atoms with Crippen molar-refractivity contribution in [2.75, 3.05) is 6.54 Å². The molecular weight excluding hydrogens is 392 g/mol. The summed E-state index contributed by atoms with van der Waals surface area (Å²) in [6.07, 6.45) is 4.19. The van der Waals surface area contributed by atoms with Gasteiger partial charge in [0.1, 0.15) is 5.52 Å². The van der Waals surface area contributed by atoms with Gasteiger partial charge < -0.3 is 9.88 Å². The second kappa shape index (κ2) is 8.91. The van der Waals surface area contributed by atoms with Crippen LogP contribution in [0.4, 0.5) is 0 Å². The number of pyridine rings is 1. The Balaban J connectivity index is 1.39. The molecule has 4 aromatic rings. The van der Waals surface area contributed by atoms with Crippen molar-refractivity contribution in [3.8, 4) is 0 Å². The molecule has 3 aromatic heterocycles. The number of carbonyl (C=O) groups excluding carboxylic acids is 1. The lowest BCUT2D eigenvalue weighted by Gasteiger charge is -2.10. The van der Waals surface area contributed by atoms with Crippen LogP contribution in [0.15, 0.2) is 59.8 Å². The Morgan fingerprint density at radius 1 is 1.06 bits per heavy atom. The number of aryl methyl sites for hydroxylation is 4. The van der Waals surface area contributed by atoms with Crippen molar-refractivity contribution < 1.29 is 4.79 Å². The number of amides is 1. The Morgan fingerprint density at radius 2 is 1.87 bits per heavy atom. The highest BCUT2D eigenvalue weighted by Gasteiger charge is 2.11. The Labute approximate surface area is 179 Å². The fraction of sp³-hybridized carbons (Fsp3) is 0.261. The van der Waals surface area contributed by atoms with E-state index in [9.17, 15) is 9.59 Å². The molecule has 0 spiro atoms. The van der Waals surface area contributed by atoms with Crippen LogP contribution in [0.2, 0.25) is 0 Å². The smallest absolute Gasteiger partial charge is 0.348 e. The number of aromatic nitrogens is 5. The maximum Gasteiger partial charge on any atom is 0.348 e. The van der Waals surface area contributed by atoms with Crippen LogP contribution in [0.5, 0.6) is 0 Å². The first kappa shape index (κ1) is 20.5. The van der Waals surface area contributed by atoms with Gasteiger partial charge in [0.15, 0.2) is 5.65 Å². The Morgan fingerprint density at radius 3 is 2.65 bits per heavy atom. The third-order valence-corrected chi connectivity index (χ3v) is 5.17. The molecule has 0 aliphatic rings. The summed E-state index contributed by atoms with van der Waals surface area (Å²) in [6, 6.07) is 13.8. The van der Waals surface area contributed by atoms with Gasteiger partial charge in [-0.3, -0.25) is 9.36 Å². The van der Waals surface area contributed by atoms with Gasteiger partial charge >= 0.3 is 5.69 Å². The summed E-state index contributed by atoms with van der Waals surface area (Å²) in [5, 5.41) is 2.83. The van der Waals surface area contributed by atoms with Gasteiger partial charge in [-0.15, -0.1) is 0 Å². The van der Waals surface area contributed by atoms with Gasteiger partial charge in [0.05, 0.1) is 11.9 Å². The van der Waals surface area contributed by atoms with Crippen molar-refractivity contribution in [3.63, 3.8) is 0 Å². The number of benzene rings is 1. The largest absolute Gasteiger partial charge is 0.350 e. The Kier molecular flexibility index (Phi) is 5.88. The summed E-state index contributed by atoms with van der Waals surface area (Å²) >= 11 is 0. The summed E-state index contributed by atoms with van der Waals surface area (Å²) in [6.45, 7) is 5.07. The molecule has 0 bridgehead atoms. The van der Waals surface area contributed by atoms with E-state index >= 15 is 0 Å². The molecule has 0 saturated carbocycles. The maximum absolute atomic E-state index is 12.5. The van der Waals surface area contributed by atoms with E-state index in [1.54, 1.807) is 30.1 Å². The second-order valence-electron chi connectivity index (χ2n) is 7.47. The van der Waals surface area contributed by atoms with Crippen molar-refractivity contribution in [1.29, 1.82) is 0 Å². The van der Waals surface area contributed by atoms with Crippen LogP contribution in [0, 0.1) is 13.8 Å². The second-order valence-corrected chi connectivity index (χ2v) is 7.47. The molecule has 1 amide bonds. The van der Waals surface area contributed by atoms with Gasteiger partial charge in [0.2, 0.25) is 0 Å². The summed E-state index contributed by atoms with van der Waals surface area (Å²) in [4.78, 5) is 37.3. The van der Waals surface area contributed by atoms with Crippen molar-refractivity contribution in [2.24, 2.45) is 0 Å². The first-order chi connectivity index (χ1) is 15.0. The van der Waals surface area contributed by atoms with Crippen molar-refractivity contribution in [2.45, 2.75) is 33.4 Å². The van der Waals surface area contributed by atoms with E-state index in [0.29, 0.717) is 29.9 Å². The molecule has 0 unspecified atom stereocenters. The first-order valence-corrected chi connectivity index (χ1v) is 10.2.